The maximum absolute atomic E-state index is 11.6. The van der Waals surface area contributed by atoms with Crippen molar-refractivity contribution in [2.45, 2.75) is 12.5 Å². The van der Waals surface area contributed by atoms with Gasteiger partial charge in [0, 0.05) is 30.9 Å². The molecule has 7 nitrogen and oxygen atoms in total. The van der Waals surface area contributed by atoms with Crippen LogP contribution in [0.25, 0.3) is 0 Å². The molecule has 1 aromatic rings. The Kier molecular flexibility index (Phi) is 5.94. The van der Waals surface area contributed by atoms with Crippen LogP contribution in [0.2, 0.25) is 0 Å². The van der Waals surface area contributed by atoms with Gasteiger partial charge in [-0.1, -0.05) is 17.3 Å². The zero-order valence-corrected chi connectivity index (χ0v) is 10.9. The number of amides is 1. The number of carbonyl (C=O) groups is 1. The molecule has 0 fully saturated rings. The number of nitrogens with zero attached hydrogens (tertiary/aromatic N) is 2. The molecule has 19 heavy (non-hydrogen) atoms. The summed E-state index contributed by atoms with van der Waals surface area (Å²) in [4.78, 5) is 32.3. The predicted octanol–water partition coefficient (Wildman–Crippen LogP) is 1.32. The van der Waals surface area contributed by atoms with E-state index in [1.165, 1.54) is 18.2 Å². The third-order valence-corrected chi connectivity index (χ3v) is 2.61. The number of non-ortho nitro benzene ring substituents is 1. The normalized spacial score (nSPS) is 11.6. The van der Waals surface area contributed by atoms with Gasteiger partial charge in [0.1, 0.15) is 0 Å². The van der Waals surface area contributed by atoms with Crippen LogP contribution in [0.15, 0.2) is 29.4 Å². The van der Waals surface area contributed by atoms with Gasteiger partial charge in [0.15, 0.2) is 6.04 Å². The summed E-state index contributed by atoms with van der Waals surface area (Å²) < 4.78 is 0. The number of nitrogens with one attached hydrogen (secondary N) is 1. The van der Waals surface area contributed by atoms with Crippen molar-refractivity contribution in [2.75, 3.05) is 12.3 Å². The van der Waals surface area contributed by atoms with Gasteiger partial charge in [0.2, 0.25) is 5.91 Å². The van der Waals surface area contributed by atoms with Gasteiger partial charge in [0.05, 0.1) is 4.92 Å². The minimum Gasteiger partial charge on any atom is -0.353 e. The van der Waals surface area contributed by atoms with Crippen LogP contribution >= 0.6 is 12.6 Å². The first-order chi connectivity index (χ1) is 9.08. The second kappa shape index (κ2) is 7.47. The Morgan fingerprint density at radius 1 is 1.53 bits per heavy atom. The summed E-state index contributed by atoms with van der Waals surface area (Å²) in [5, 5.41) is 15.9. The highest BCUT2D eigenvalue weighted by Crippen LogP contribution is 2.15. The standard InChI is InChI=1S/C11H13N3O4S/c15-11(12-4-5-19)10(13-16)7-8-2-1-3-9(6-8)14(17)18/h1-3,6,10,19H,4-5,7H2,(H,12,15). The van der Waals surface area contributed by atoms with Gasteiger partial charge in [0.25, 0.3) is 5.69 Å². The molecule has 1 N–H and O–H groups in total. The van der Waals surface area contributed by atoms with Crippen LogP contribution in [0.5, 0.6) is 0 Å². The molecule has 102 valence electrons. The van der Waals surface area contributed by atoms with E-state index in [2.05, 4.69) is 23.1 Å². The maximum Gasteiger partial charge on any atom is 0.269 e. The molecule has 1 rings (SSSR count). The van der Waals surface area contributed by atoms with E-state index in [0.29, 0.717) is 17.9 Å². The van der Waals surface area contributed by atoms with E-state index >= 15 is 0 Å². The number of hydrogen-bond acceptors (Lipinski definition) is 6. The molecule has 0 saturated carbocycles. The van der Waals surface area contributed by atoms with Crippen molar-refractivity contribution in [3.05, 3.63) is 44.9 Å². The first kappa shape index (κ1) is 15.1. The molecule has 0 aliphatic carbocycles. The van der Waals surface area contributed by atoms with Crippen LogP contribution in [-0.2, 0) is 11.2 Å². The summed E-state index contributed by atoms with van der Waals surface area (Å²) in [6, 6.07) is 4.68. The van der Waals surface area contributed by atoms with Crippen molar-refractivity contribution in [1.82, 2.24) is 5.32 Å². The molecule has 1 unspecified atom stereocenters. The maximum atomic E-state index is 11.6. The number of nitro benzene ring substituents is 1. The number of nitro groups is 1. The van der Waals surface area contributed by atoms with Crippen LogP contribution in [0.4, 0.5) is 5.69 Å². The molecule has 8 heteroatoms. The van der Waals surface area contributed by atoms with E-state index in [1.54, 1.807) is 6.07 Å². The number of nitroso groups, excluding NO2 is 1. The van der Waals surface area contributed by atoms with Crippen LogP contribution in [-0.4, -0.2) is 29.2 Å². The van der Waals surface area contributed by atoms with Gasteiger partial charge in [-0.15, -0.1) is 4.91 Å². The monoisotopic (exact) mass is 283 g/mol. The molecule has 0 aromatic heterocycles. The Labute approximate surface area is 114 Å². The molecule has 0 saturated heterocycles. The Morgan fingerprint density at radius 3 is 2.84 bits per heavy atom. The molecule has 0 spiro atoms. The molecule has 0 radical (unpaired) electrons. The van der Waals surface area contributed by atoms with Crippen LogP contribution in [0, 0.1) is 15.0 Å². The molecular formula is C11H13N3O4S. The number of carbonyl (C=O) groups excluding carboxylic acids is 1. The summed E-state index contributed by atoms with van der Waals surface area (Å²) in [7, 11) is 0. The zero-order chi connectivity index (χ0) is 14.3. The highest BCUT2D eigenvalue weighted by Gasteiger charge is 2.20. The molecule has 0 heterocycles. The van der Waals surface area contributed by atoms with E-state index in [4.69, 9.17) is 0 Å². The lowest BCUT2D eigenvalue weighted by Crippen LogP contribution is -2.35. The third-order valence-electron chi connectivity index (χ3n) is 2.39. The van der Waals surface area contributed by atoms with Gasteiger partial charge < -0.3 is 5.32 Å². The SMILES string of the molecule is O=NC(Cc1cccc([N+](=O)[O-])c1)C(=O)NCCS. The van der Waals surface area contributed by atoms with E-state index in [-0.39, 0.29) is 12.1 Å². The van der Waals surface area contributed by atoms with E-state index in [0.717, 1.165) is 0 Å². The summed E-state index contributed by atoms with van der Waals surface area (Å²) >= 11 is 3.93. The Hall–Kier alpha value is -1.96. The van der Waals surface area contributed by atoms with Gasteiger partial charge in [-0.2, -0.15) is 12.6 Å². The number of rotatable bonds is 7. The van der Waals surface area contributed by atoms with Crippen molar-refractivity contribution in [3.8, 4) is 0 Å². The van der Waals surface area contributed by atoms with Crippen molar-refractivity contribution >= 4 is 24.2 Å². The lowest BCUT2D eigenvalue weighted by atomic mass is 10.1. The van der Waals surface area contributed by atoms with Gasteiger partial charge >= 0.3 is 0 Å². The van der Waals surface area contributed by atoms with Gasteiger partial charge in [-0.05, 0) is 5.56 Å². The second-order valence-electron chi connectivity index (χ2n) is 3.77. The lowest BCUT2D eigenvalue weighted by molar-refractivity contribution is -0.384. The average molecular weight is 283 g/mol. The van der Waals surface area contributed by atoms with E-state index in [1.807, 2.05) is 0 Å². The smallest absolute Gasteiger partial charge is 0.269 e. The van der Waals surface area contributed by atoms with Crippen molar-refractivity contribution in [3.63, 3.8) is 0 Å². The van der Waals surface area contributed by atoms with E-state index < -0.39 is 16.9 Å². The van der Waals surface area contributed by atoms with Crippen LogP contribution < -0.4 is 5.32 Å². The highest BCUT2D eigenvalue weighted by atomic mass is 32.1. The average Bonchev–Trinajstić information content (AvgIpc) is 2.42. The minimum absolute atomic E-state index is 0.0313. The van der Waals surface area contributed by atoms with Crippen LogP contribution in [0.3, 0.4) is 0 Å². The van der Waals surface area contributed by atoms with Crippen molar-refractivity contribution in [2.24, 2.45) is 5.18 Å². The van der Waals surface area contributed by atoms with Crippen LogP contribution in [0.1, 0.15) is 5.56 Å². The Morgan fingerprint density at radius 2 is 2.26 bits per heavy atom. The second-order valence-corrected chi connectivity index (χ2v) is 4.21. The fourth-order valence-electron chi connectivity index (χ4n) is 1.50. The third kappa shape index (κ3) is 4.66. The Bertz CT molecular complexity index is 481. The van der Waals surface area contributed by atoms with E-state index in [9.17, 15) is 19.8 Å². The molecule has 1 aromatic carbocycles. The number of hydrogen-bond donors (Lipinski definition) is 2. The number of benzene rings is 1. The summed E-state index contributed by atoms with van der Waals surface area (Å²) in [5.41, 5.74) is 0.428. The fraction of sp³-hybridized carbons (Fsp3) is 0.364. The first-order valence-electron chi connectivity index (χ1n) is 5.53. The number of thiol groups is 1. The highest BCUT2D eigenvalue weighted by molar-refractivity contribution is 7.80. The fourth-order valence-corrected chi connectivity index (χ4v) is 1.61. The summed E-state index contributed by atoms with van der Waals surface area (Å²) in [6.45, 7) is 0.336. The predicted molar refractivity (Wildman–Crippen MR) is 73.2 cm³/mol. The van der Waals surface area contributed by atoms with Crippen molar-refractivity contribution in [1.29, 1.82) is 0 Å². The molecule has 0 bridgehead atoms. The lowest BCUT2D eigenvalue weighted by Gasteiger charge is -2.09. The quantitative estimate of drug-likeness (QED) is 0.341. The molecule has 1 amide bonds. The molecule has 1 atom stereocenters. The zero-order valence-electron chi connectivity index (χ0n) is 9.98. The first-order valence-corrected chi connectivity index (χ1v) is 6.16. The molecule has 0 aliphatic heterocycles. The minimum atomic E-state index is -1.10. The molecular weight excluding hydrogens is 270 g/mol. The van der Waals surface area contributed by atoms with Gasteiger partial charge in [-0.3, -0.25) is 14.9 Å². The Balaban J connectivity index is 2.75. The summed E-state index contributed by atoms with van der Waals surface area (Å²) in [6.07, 6.45) is 0.0313. The topological polar surface area (TPSA) is 102 Å². The van der Waals surface area contributed by atoms with Crippen molar-refractivity contribution < 1.29 is 9.72 Å². The summed E-state index contributed by atoms with van der Waals surface area (Å²) in [5.74, 6) is -0.0516. The van der Waals surface area contributed by atoms with Gasteiger partial charge in [-0.25, -0.2) is 0 Å². The largest absolute Gasteiger partial charge is 0.353 e. The molecule has 0 aliphatic rings.